The Labute approximate surface area is 158 Å². The molecule has 0 radical (unpaired) electrons. The van der Waals surface area contributed by atoms with E-state index in [4.69, 9.17) is 0 Å². The number of allylic oxidation sites excluding steroid dienone is 1. The summed E-state index contributed by atoms with van der Waals surface area (Å²) in [5, 5.41) is 19.4. The molecule has 1 aliphatic rings. The highest BCUT2D eigenvalue weighted by molar-refractivity contribution is 7.89. The second-order valence-corrected chi connectivity index (χ2v) is 8.15. The van der Waals surface area contributed by atoms with Gasteiger partial charge in [0.05, 0.1) is 23.6 Å². The predicted molar refractivity (Wildman–Crippen MR) is 99.6 cm³/mol. The number of benzene rings is 2. The summed E-state index contributed by atoms with van der Waals surface area (Å²) in [6, 6.07) is 12.3. The van der Waals surface area contributed by atoms with Gasteiger partial charge in [0.25, 0.3) is 0 Å². The summed E-state index contributed by atoms with van der Waals surface area (Å²) in [6.07, 6.45) is 3.83. The lowest BCUT2D eigenvalue weighted by Crippen LogP contribution is -2.65. The van der Waals surface area contributed by atoms with E-state index in [9.17, 15) is 23.2 Å². The summed E-state index contributed by atoms with van der Waals surface area (Å²) in [5.41, 5.74) is 1.76. The van der Waals surface area contributed by atoms with Crippen LogP contribution in [-0.4, -0.2) is 36.5 Å². The molecule has 0 aromatic heterocycles. The van der Waals surface area contributed by atoms with Crippen molar-refractivity contribution >= 4 is 16.1 Å². The van der Waals surface area contributed by atoms with Crippen LogP contribution in [0.25, 0.3) is 6.08 Å². The summed E-state index contributed by atoms with van der Waals surface area (Å²) < 4.78 is 40.3. The molecule has 3 rings (SSSR count). The molecule has 0 aliphatic carbocycles. The maximum absolute atomic E-state index is 13.5. The number of hydrogen-bond donors (Lipinski definition) is 1. The normalized spacial score (nSPS) is 23.1. The second-order valence-electron chi connectivity index (χ2n) is 6.31. The molecule has 1 N–H and O–H groups in total. The van der Waals surface area contributed by atoms with Crippen LogP contribution >= 0.6 is 0 Å². The van der Waals surface area contributed by atoms with Crippen LogP contribution in [-0.2, 0) is 10.0 Å². The third-order valence-electron chi connectivity index (χ3n) is 4.73. The average molecular weight is 386 g/mol. The molecule has 2 aromatic rings. The van der Waals surface area contributed by atoms with Gasteiger partial charge in [-0.15, -0.1) is 0 Å². The topological polar surface area (TPSA) is 81.4 Å². The molecular formula is C20H19FN2O3S. The number of sulfonamides is 1. The molecule has 3 atom stereocenters. The molecule has 0 bridgehead atoms. The van der Waals surface area contributed by atoms with E-state index in [1.165, 1.54) is 12.1 Å². The van der Waals surface area contributed by atoms with Gasteiger partial charge in [-0.25, -0.2) is 12.8 Å². The van der Waals surface area contributed by atoms with E-state index in [2.05, 4.69) is 0 Å². The van der Waals surface area contributed by atoms with E-state index in [1.807, 2.05) is 49.4 Å². The summed E-state index contributed by atoms with van der Waals surface area (Å²) in [5.74, 6) is -1.13. The highest BCUT2D eigenvalue weighted by Crippen LogP contribution is 2.44. The third kappa shape index (κ3) is 3.39. The highest BCUT2D eigenvalue weighted by Gasteiger charge is 2.55. The summed E-state index contributed by atoms with van der Waals surface area (Å²) >= 11 is 0. The van der Waals surface area contributed by atoms with Gasteiger partial charge in [-0.1, -0.05) is 42.5 Å². The molecule has 0 unspecified atom stereocenters. The molecule has 0 spiro atoms. The van der Waals surface area contributed by atoms with Gasteiger partial charge >= 0.3 is 0 Å². The summed E-state index contributed by atoms with van der Waals surface area (Å²) in [4.78, 5) is -0.233. The van der Waals surface area contributed by atoms with Crippen molar-refractivity contribution in [3.8, 4) is 6.07 Å². The van der Waals surface area contributed by atoms with Gasteiger partial charge in [0.15, 0.2) is 0 Å². The number of aliphatic hydroxyl groups is 1. The van der Waals surface area contributed by atoms with Gasteiger partial charge in [-0.05, 0) is 36.2 Å². The number of nitriles is 1. The minimum absolute atomic E-state index is 0.233. The smallest absolute Gasteiger partial charge is 0.244 e. The Balaban J connectivity index is 1.96. The van der Waals surface area contributed by atoms with Crippen molar-refractivity contribution in [3.05, 3.63) is 71.6 Å². The number of rotatable bonds is 5. The Hall–Kier alpha value is -2.53. The minimum atomic E-state index is -4.11. The van der Waals surface area contributed by atoms with Crippen molar-refractivity contribution in [2.45, 2.75) is 29.8 Å². The average Bonchev–Trinajstić information content (AvgIpc) is 2.63. The first-order valence-corrected chi connectivity index (χ1v) is 9.90. The molecule has 1 fully saturated rings. The third-order valence-corrected chi connectivity index (χ3v) is 6.63. The van der Waals surface area contributed by atoms with E-state index in [0.29, 0.717) is 0 Å². The number of hydrogen-bond acceptors (Lipinski definition) is 4. The maximum atomic E-state index is 13.5. The molecule has 5 nitrogen and oxygen atoms in total. The molecule has 1 saturated heterocycles. The van der Waals surface area contributed by atoms with Gasteiger partial charge in [-0.2, -0.15) is 9.57 Å². The lowest BCUT2D eigenvalue weighted by molar-refractivity contribution is 0.0556. The Bertz CT molecular complexity index is 997. The molecular weight excluding hydrogens is 367 g/mol. The van der Waals surface area contributed by atoms with Crippen molar-refractivity contribution in [1.82, 2.24) is 4.31 Å². The highest BCUT2D eigenvalue weighted by atomic mass is 32.2. The van der Waals surface area contributed by atoms with Gasteiger partial charge in [0, 0.05) is 5.92 Å². The monoisotopic (exact) mass is 386 g/mol. The molecule has 1 heterocycles. The summed E-state index contributed by atoms with van der Waals surface area (Å²) in [7, 11) is -4.11. The Morgan fingerprint density at radius 3 is 2.52 bits per heavy atom. The first-order valence-electron chi connectivity index (χ1n) is 8.46. The fraction of sp³-hybridized carbons (Fsp3) is 0.250. The van der Waals surface area contributed by atoms with Crippen LogP contribution < -0.4 is 0 Å². The lowest BCUT2D eigenvalue weighted by atomic mass is 9.78. The van der Waals surface area contributed by atoms with Gasteiger partial charge in [-0.3, -0.25) is 0 Å². The van der Waals surface area contributed by atoms with E-state index in [-0.39, 0.29) is 4.90 Å². The standard InChI is InChI=1S/C20H19FN2O3S/c1-2-4-14-7-9-15(10-8-14)20-18(12-22)23(19(20)13-24)27(25,26)17-6-3-5-16(21)11-17/h2-11,18-20,24H,13H2,1H3/b4-2+/t18-,19+,20+/m1/s1. The van der Waals surface area contributed by atoms with Gasteiger partial charge in [0.1, 0.15) is 11.9 Å². The molecule has 0 amide bonds. The van der Waals surface area contributed by atoms with E-state index < -0.39 is 40.4 Å². The van der Waals surface area contributed by atoms with Crippen molar-refractivity contribution in [1.29, 1.82) is 5.26 Å². The maximum Gasteiger partial charge on any atom is 0.244 e. The fourth-order valence-electron chi connectivity index (χ4n) is 3.47. The zero-order valence-corrected chi connectivity index (χ0v) is 15.5. The van der Waals surface area contributed by atoms with Crippen LogP contribution in [0, 0.1) is 17.1 Å². The first-order chi connectivity index (χ1) is 12.9. The van der Waals surface area contributed by atoms with E-state index in [0.717, 1.165) is 27.6 Å². The van der Waals surface area contributed by atoms with Crippen molar-refractivity contribution in [3.63, 3.8) is 0 Å². The first kappa shape index (κ1) is 19.2. The van der Waals surface area contributed by atoms with E-state index in [1.54, 1.807) is 0 Å². The second kappa shape index (κ2) is 7.61. The quantitative estimate of drug-likeness (QED) is 0.857. The van der Waals surface area contributed by atoms with Crippen LogP contribution in [0.3, 0.4) is 0 Å². The van der Waals surface area contributed by atoms with Crippen LogP contribution in [0.15, 0.2) is 59.5 Å². The molecule has 140 valence electrons. The van der Waals surface area contributed by atoms with Gasteiger partial charge in [0.2, 0.25) is 10.0 Å². The van der Waals surface area contributed by atoms with E-state index >= 15 is 0 Å². The van der Waals surface area contributed by atoms with Crippen LogP contribution in [0.5, 0.6) is 0 Å². The van der Waals surface area contributed by atoms with Gasteiger partial charge < -0.3 is 5.11 Å². The number of aliphatic hydroxyl groups excluding tert-OH is 1. The molecule has 1 aliphatic heterocycles. The largest absolute Gasteiger partial charge is 0.395 e. The Morgan fingerprint density at radius 2 is 1.96 bits per heavy atom. The molecule has 0 saturated carbocycles. The van der Waals surface area contributed by atoms with Crippen LogP contribution in [0.1, 0.15) is 24.0 Å². The molecule has 27 heavy (non-hydrogen) atoms. The zero-order chi connectivity index (χ0) is 19.6. The van der Waals surface area contributed by atoms with Crippen LogP contribution in [0.4, 0.5) is 4.39 Å². The van der Waals surface area contributed by atoms with Crippen molar-refractivity contribution in [2.75, 3.05) is 6.61 Å². The predicted octanol–water partition coefficient (Wildman–Crippen LogP) is 2.90. The molecule has 7 heteroatoms. The fourth-order valence-corrected chi connectivity index (χ4v) is 5.25. The lowest BCUT2D eigenvalue weighted by Gasteiger charge is -2.50. The minimum Gasteiger partial charge on any atom is -0.395 e. The summed E-state index contributed by atoms with van der Waals surface area (Å²) in [6.45, 7) is 1.47. The SMILES string of the molecule is C/C=C/c1ccc([C@H]2[C@@H](C#N)N(S(=O)(=O)c3cccc(F)c3)[C@H]2CO)cc1. The number of nitrogens with zero attached hydrogens (tertiary/aromatic N) is 2. The Morgan fingerprint density at radius 1 is 1.26 bits per heavy atom. The van der Waals surface area contributed by atoms with Crippen molar-refractivity contribution in [2.24, 2.45) is 0 Å². The van der Waals surface area contributed by atoms with Crippen molar-refractivity contribution < 1.29 is 17.9 Å². The zero-order valence-electron chi connectivity index (χ0n) is 14.7. The van der Waals surface area contributed by atoms with Crippen LogP contribution in [0.2, 0.25) is 0 Å². The molecule has 2 aromatic carbocycles. The Kier molecular flexibility index (Phi) is 5.42. The number of halogens is 1.